The number of phenolic OH excluding ortho intramolecular Hbond substituents is 4. The van der Waals surface area contributed by atoms with Crippen molar-refractivity contribution < 1.29 is 20.4 Å². The van der Waals surface area contributed by atoms with Crippen LogP contribution in [0.1, 0.15) is 0 Å². The van der Waals surface area contributed by atoms with Gasteiger partial charge >= 0.3 is 0 Å². The predicted molar refractivity (Wildman–Crippen MR) is 115 cm³/mol. The molecule has 5 heteroatoms. The van der Waals surface area contributed by atoms with Crippen LogP contribution < -0.4 is 0 Å². The van der Waals surface area contributed by atoms with Crippen molar-refractivity contribution in [2.45, 2.75) is 9.79 Å². The SMILES string of the molecule is Oc1ccc(Sc2ccc(O)cc2-c2ccccc2O)c(-c2ccccc2O)c1. The molecule has 0 saturated carbocycles. The Kier molecular flexibility index (Phi) is 5.06. The van der Waals surface area contributed by atoms with E-state index in [0.29, 0.717) is 22.3 Å². The fraction of sp³-hybridized carbons (Fsp3) is 0. The van der Waals surface area contributed by atoms with E-state index < -0.39 is 0 Å². The second kappa shape index (κ2) is 7.81. The Balaban J connectivity index is 1.85. The summed E-state index contributed by atoms with van der Waals surface area (Å²) in [7, 11) is 0. The van der Waals surface area contributed by atoms with Gasteiger partial charge in [-0.1, -0.05) is 48.2 Å². The monoisotopic (exact) mass is 402 g/mol. The van der Waals surface area contributed by atoms with Gasteiger partial charge in [0.05, 0.1) is 0 Å². The number of hydrogen-bond acceptors (Lipinski definition) is 5. The third-order valence-electron chi connectivity index (χ3n) is 4.53. The van der Waals surface area contributed by atoms with Crippen LogP contribution in [0.15, 0.2) is 94.7 Å². The van der Waals surface area contributed by atoms with Gasteiger partial charge in [0.25, 0.3) is 0 Å². The van der Waals surface area contributed by atoms with E-state index in [9.17, 15) is 20.4 Å². The van der Waals surface area contributed by atoms with Crippen molar-refractivity contribution in [1.29, 1.82) is 0 Å². The first kappa shape index (κ1) is 18.8. The van der Waals surface area contributed by atoms with Crippen LogP contribution in [0.5, 0.6) is 23.0 Å². The van der Waals surface area contributed by atoms with Gasteiger partial charge in [0.1, 0.15) is 23.0 Å². The lowest BCUT2D eigenvalue weighted by atomic mass is 10.0. The molecule has 0 aliphatic rings. The highest BCUT2D eigenvalue weighted by Crippen LogP contribution is 2.45. The maximum Gasteiger partial charge on any atom is 0.123 e. The lowest BCUT2D eigenvalue weighted by Crippen LogP contribution is -1.87. The summed E-state index contributed by atoms with van der Waals surface area (Å²) in [6.45, 7) is 0. The Morgan fingerprint density at radius 1 is 0.448 bits per heavy atom. The van der Waals surface area contributed by atoms with E-state index in [2.05, 4.69) is 0 Å². The summed E-state index contributed by atoms with van der Waals surface area (Å²) in [5.74, 6) is 0.427. The molecule has 4 nitrogen and oxygen atoms in total. The van der Waals surface area contributed by atoms with Gasteiger partial charge in [-0.2, -0.15) is 0 Å². The highest BCUT2D eigenvalue weighted by atomic mass is 32.2. The van der Waals surface area contributed by atoms with E-state index >= 15 is 0 Å². The smallest absolute Gasteiger partial charge is 0.123 e. The lowest BCUT2D eigenvalue weighted by Gasteiger charge is -2.15. The predicted octanol–water partition coefficient (Wildman–Crippen LogP) is 5.99. The molecule has 29 heavy (non-hydrogen) atoms. The molecule has 0 aliphatic carbocycles. The second-order valence-electron chi connectivity index (χ2n) is 6.50. The largest absolute Gasteiger partial charge is 0.508 e. The Hall–Kier alpha value is -3.57. The Bertz CT molecular complexity index is 1090. The molecule has 0 fully saturated rings. The third-order valence-corrected chi connectivity index (χ3v) is 5.69. The average Bonchev–Trinajstić information content (AvgIpc) is 2.71. The minimum absolute atomic E-state index is 0.0965. The zero-order valence-corrected chi connectivity index (χ0v) is 16.1. The first-order valence-electron chi connectivity index (χ1n) is 8.93. The van der Waals surface area contributed by atoms with Crippen LogP contribution in [0.3, 0.4) is 0 Å². The number of para-hydroxylation sites is 2. The summed E-state index contributed by atoms with van der Waals surface area (Å²) >= 11 is 1.42. The molecular formula is C24H18O4S. The van der Waals surface area contributed by atoms with Crippen LogP contribution in [-0.4, -0.2) is 20.4 Å². The van der Waals surface area contributed by atoms with Crippen LogP contribution in [0.4, 0.5) is 0 Å². The number of benzene rings is 4. The first-order valence-corrected chi connectivity index (χ1v) is 9.75. The summed E-state index contributed by atoms with van der Waals surface area (Å²) in [6, 6.07) is 23.9. The fourth-order valence-electron chi connectivity index (χ4n) is 3.16. The zero-order chi connectivity index (χ0) is 20.4. The fourth-order valence-corrected chi connectivity index (χ4v) is 4.22. The van der Waals surface area contributed by atoms with Gasteiger partial charge in [-0.05, 0) is 48.5 Å². The average molecular weight is 402 g/mol. The summed E-state index contributed by atoms with van der Waals surface area (Å²) in [5.41, 5.74) is 2.58. The number of phenols is 4. The summed E-state index contributed by atoms with van der Waals surface area (Å²) < 4.78 is 0. The number of rotatable bonds is 4. The second-order valence-corrected chi connectivity index (χ2v) is 7.58. The minimum atomic E-state index is 0.0965. The van der Waals surface area contributed by atoms with Crippen LogP contribution in [0, 0.1) is 0 Å². The molecule has 4 aromatic rings. The number of hydrogen-bond donors (Lipinski definition) is 4. The molecule has 0 unspecified atom stereocenters. The summed E-state index contributed by atoms with van der Waals surface area (Å²) in [4.78, 5) is 1.62. The van der Waals surface area contributed by atoms with E-state index in [1.165, 1.54) is 11.8 Å². The van der Waals surface area contributed by atoms with Crippen molar-refractivity contribution in [2.24, 2.45) is 0 Å². The lowest BCUT2D eigenvalue weighted by molar-refractivity contribution is 0.472. The quantitative estimate of drug-likeness (QED) is 0.337. The molecule has 0 bridgehead atoms. The van der Waals surface area contributed by atoms with Gasteiger partial charge in [-0.3, -0.25) is 0 Å². The van der Waals surface area contributed by atoms with E-state index in [1.54, 1.807) is 72.8 Å². The highest BCUT2D eigenvalue weighted by Gasteiger charge is 2.15. The first-order chi connectivity index (χ1) is 14.0. The van der Waals surface area contributed by atoms with Crippen LogP contribution in [0.2, 0.25) is 0 Å². The topological polar surface area (TPSA) is 80.9 Å². The maximum absolute atomic E-state index is 10.3. The molecular weight excluding hydrogens is 384 g/mol. The van der Waals surface area contributed by atoms with Crippen LogP contribution in [-0.2, 0) is 0 Å². The minimum Gasteiger partial charge on any atom is -0.508 e. The van der Waals surface area contributed by atoms with Gasteiger partial charge in [0, 0.05) is 32.0 Å². The van der Waals surface area contributed by atoms with Crippen molar-refractivity contribution in [3.8, 4) is 45.3 Å². The third kappa shape index (κ3) is 3.86. The molecule has 0 spiro atoms. The maximum atomic E-state index is 10.3. The van der Waals surface area contributed by atoms with Gasteiger partial charge in [-0.25, -0.2) is 0 Å². The zero-order valence-electron chi connectivity index (χ0n) is 15.3. The van der Waals surface area contributed by atoms with E-state index in [4.69, 9.17) is 0 Å². The Morgan fingerprint density at radius 3 is 1.28 bits per heavy atom. The van der Waals surface area contributed by atoms with Crippen molar-refractivity contribution in [3.05, 3.63) is 84.9 Å². The molecule has 0 heterocycles. The molecule has 4 rings (SSSR count). The molecule has 0 amide bonds. The molecule has 144 valence electrons. The molecule has 0 atom stereocenters. The van der Waals surface area contributed by atoms with Crippen LogP contribution in [0.25, 0.3) is 22.3 Å². The standard InChI is InChI=1S/C24H18O4S/c25-15-9-11-23(19(13-15)17-5-1-3-7-21(17)27)29-24-12-10-16(26)14-20(24)18-6-2-4-8-22(18)28/h1-14,25-28H. The molecule has 4 aromatic carbocycles. The van der Waals surface area contributed by atoms with Crippen molar-refractivity contribution in [1.82, 2.24) is 0 Å². The van der Waals surface area contributed by atoms with Crippen molar-refractivity contribution in [2.75, 3.05) is 0 Å². The van der Waals surface area contributed by atoms with E-state index in [0.717, 1.165) is 9.79 Å². The Morgan fingerprint density at radius 2 is 0.862 bits per heavy atom. The summed E-state index contributed by atoms with van der Waals surface area (Å²) in [6.07, 6.45) is 0. The summed E-state index contributed by atoms with van der Waals surface area (Å²) in [5, 5.41) is 40.6. The normalized spacial score (nSPS) is 10.8. The van der Waals surface area contributed by atoms with E-state index in [-0.39, 0.29) is 23.0 Å². The Labute approximate surface area is 172 Å². The van der Waals surface area contributed by atoms with E-state index in [1.807, 2.05) is 12.1 Å². The molecule has 0 aliphatic heterocycles. The van der Waals surface area contributed by atoms with Crippen molar-refractivity contribution >= 4 is 11.8 Å². The van der Waals surface area contributed by atoms with Gasteiger partial charge in [-0.15, -0.1) is 0 Å². The van der Waals surface area contributed by atoms with Crippen molar-refractivity contribution in [3.63, 3.8) is 0 Å². The molecule has 0 saturated heterocycles. The van der Waals surface area contributed by atoms with Gasteiger partial charge < -0.3 is 20.4 Å². The number of aromatic hydroxyl groups is 4. The molecule has 4 N–H and O–H groups in total. The van der Waals surface area contributed by atoms with Gasteiger partial charge in [0.2, 0.25) is 0 Å². The molecule has 0 aromatic heterocycles. The van der Waals surface area contributed by atoms with Gasteiger partial charge in [0.15, 0.2) is 0 Å². The van der Waals surface area contributed by atoms with Crippen LogP contribution >= 0.6 is 11.8 Å². The highest BCUT2D eigenvalue weighted by molar-refractivity contribution is 7.99. The molecule has 0 radical (unpaired) electrons.